The van der Waals surface area contributed by atoms with E-state index >= 15 is 0 Å². The van der Waals surface area contributed by atoms with Crippen LogP contribution < -0.4 is 0 Å². The summed E-state index contributed by atoms with van der Waals surface area (Å²) in [6.45, 7) is 8.91. The standard InChI is InChI=1S/C14H22OS/c1-5-11(4)12-6-7-14(16-10(2)3)13(8-12)9-15/h6-8,10-11,15H,5,9H2,1-4H3. The molecule has 16 heavy (non-hydrogen) atoms. The first-order valence-electron chi connectivity index (χ1n) is 5.98. The van der Waals surface area contributed by atoms with Gasteiger partial charge in [0.05, 0.1) is 6.61 Å². The van der Waals surface area contributed by atoms with E-state index < -0.39 is 0 Å². The minimum Gasteiger partial charge on any atom is -0.392 e. The highest BCUT2D eigenvalue weighted by Crippen LogP contribution is 2.30. The van der Waals surface area contributed by atoms with Crippen LogP contribution in [-0.4, -0.2) is 10.4 Å². The fraction of sp³-hybridized carbons (Fsp3) is 0.571. The molecule has 0 aliphatic heterocycles. The number of benzene rings is 1. The summed E-state index contributed by atoms with van der Waals surface area (Å²) >= 11 is 1.82. The number of hydrogen-bond donors (Lipinski definition) is 1. The summed E-state index contributed by atoms with van der Waals surface area (Å²) in [7, 11) is 0. The molecule has 0 radical (unpaired) electrons. The van der Waals surface area contributed by atoms with E-state index in [1.165, 1.54) is 10.5 Å². The third-order valence-corrected chi connectivity index (χ3v) is 3.92. The van der Waals surface area contributed by atoms with E-state index in [0.29, 0.717) is 11.2 Å². The molecule has 2 heteroatoms. The molecule has 1 aromatic rings. The van der Waals surface area contributed by atoms with Gasteiger partial charge in [0.1, 0.15) is 0 Å². The molecule has 1 aromatic carbocycles. The lowest BCUT2D eigenvalue weighted by Gasteiger charge is -2.14. The fourth-order valence-electron chi connectivity index (χ4n) is 1.63. The van der Waals surface area contributed by atoms with Gasteiger partial charge in [0.2, 0.25) is 0 Å². The van der Waals surface area contributed by atoms with Crippen molar-refractivity contribution in [3.05, 3.63) is 29.3 Å². The van der Waals surface area contributed by atoms with Crippen molar-refractivity contribution in [2.45, 2.75) is 56.8 Å². The van der Waals surface area contributed by atoms with Crippen LogP contribution in [-0.2, 0) is 6.61 Å². The van der Waals surface area contributed by atoms with Crippen molar-refractivity contribution in [2.75, 3.05) is 0 Å². The molecule has 0 heterocycles. The van der Waals surface area contributed by atoms with Crippen molar-refractivity contribution < 1.29 is 5.11 Å². The molecular weight excluding hydrogens is 216 g/mol. The molecule has 0 saturated heterocycles. The van der Waals surface area contributed by atoms with Crippen LogP contribution >= 0.6 is 11.8 Å². The molecule has 90 valence electrons. The van der Waals surface area contributed by atoms with Gasteiger partial charge in [-0.25, -0.2) is 0 Å². The Bertz CT molecular complexity index is 334. The highest BCUT2D eigenvalue weighted by Gasteiger charge is 2.09. The second kappa shape index (κ2) is 6.31. The van der Waals surface area contributed by atoms with Crippen molar-refractivity contribution in [1.29, 1.82) is 0 Å². The number of aliphatic hydroxyl groups excluding tert-OH is 1. The van der Waals surface area contributed by atoms with Crippen LogP contribution in [0.2, 0.25) is 0 Å². The summed E-state index contributed by atoms with van der Waals surface area (Å²) in [5.74, 6) is 0.573. The van der Waals surface area contributed by atoms with Gasteiger partial charge in [0.15, 0.2) is 0 Å². The maximum atomic E-state index is 9.40. The highest BCUT2D eigenvalue weighted by atomic mass is 32.2. The Labute approximate surface area is 103 Å². The van der Waals surface area contributed by atoms with Crippen molar-refractivity contribution in [3.63, 3.8) is 0 Å². The summed E-state index contributed by atoms with van der Waals surface area (Å²) in [5.41, 5.74) is 2.40. The van der Waals surface area contributed by atoms with Gasteiger partial charge in [-0.2, -0.15) is 0 Å². The molecule has 0 aliphatic rings. The molecule has 0 spiro atoms. The predicted octanol–water partition coefficient (Wildman–Crippen LogP) is 4.19. The Hall–Kier alpha value is -0.470. The van der Waals surface area contributed by atoms with Crippen molar-refractivity contribution >= 4 is 11.8 Å². The van der Waals surface area contributed by atoms with Crippen molar-refractivity contribution in [3.8, 4) is 0 Å². The van der Waals surface area contributed by atoms with Crippen LogP contribution in [0.25, 0.3) is 0 Å². The minimum absolute atomic E-state index is 0.138. The Morgan fingerprint density at radius 2 is 1.94 bits per heavy atom. The summed E-state index contributed by atoms with van der Waals surface area (Å²) in [6.07, 6.45) is 1.14. The lowest BCUT2D eigenvalue weighted by Crippen LogP contribution is -1.97. The largest absolute Gasteiger partial charge is 0.392 e. The van der Waals surface area contributed by atoms with E-state index in [1.54, 1.807) is 0 Å². The Morgan fingerprint density at radius 1 is 1.25 bits per heavy atom. The maximum Gasteiger partial charge on any atom is 0.0692 e. The SMILES string of the molecule is CCC(C)c1ccc(SC(C)C)c(CO)c1. The second-order valence-corrected chi connectivity index (χ2v) is 6.12. The minimum atomic E-state index is 0.138. The van der Waals surface area contributed by atoms with E-state index in [-0.39, 0.29) is 6.61 Å². The van der Waals surface area contributed by atoms with E-state index in [9.17, 15) is 5.11 Å². The average Bonchev–Trinajstić information content (AvgIpc) is 2.27. The maximum absolute atomic E-state index is 9.40. The molecule has 0 aromatic heterocycles. The van der Waals surface area contributed by atoms with Crippen LogP contribution in [0.5, 0.6) is 0 Å². The Balaban J connectivity index is 2.97. The highest BCUT2D eigenvalue weighted by molar-refractivity contribution is 8.00. The van der Waals surface area contributed by atoms with Gasteiger partial charge >= 0.3 is 0 Å². The van der Waals surface area contributed by atoms with Crippen LogP contribution in [0.4, 0.5) is 0 Å². The summed E-state index contributed by atoms with van der Waals surface area (Å²) in [6, 6.07) is 6.49. The molecule has 1 rings (SSSR count). The lowest BCUT2D eigenvalue weighted by atomic mass is 9.97. The molecular formula is C14H22OS. The van der Waals surface area contributed by atoms with Gasteiger partial charge in [-0.3, -0.25) is 0 Å². The first kappa shape index (κ1) is 13.6. The molecule has 1 unspecified atom stereocenters. The van der Waals surface area contributed by atoms with Crippen molar-refractivity contribution in [1.82, 2.24) is 0 Å². The molecule has 0 amide bonds. The van der Waals surface area contributed by atoms with Gasteiger partial charge in [-0.1, -0.05) is 39.8 Å². The molecule has 1 atom stereocenters. The molecule has 0 bridgehead atoms. The van der Waals surface area contributed by atoms with E-state index in [0.717, 1.165) is 12.0 Å². The monoisotopic (exact) mass is 238 g/mol. The lowest BCUT2D eigenvalue weighted by molar-refractivity contribution is 0.278. The number of hydrogen-bond acceptors (Lipinski definition) is 2. The molecule has 0 aliphatic carbocycles. The smallest absolute Gasteiger partial charge is 0.0692 e. The average molecular weight is 238 g/mol. The van der Waals surface area contributed by atoms with Crippen LogP contribution in [0.3, 0.4) is 0 Å². The van der Waals surface area contributed by atoms with E-state index in [1.807, 2.05) is 11.8 Å². The van der Waals surface area contributed by atoms with E-state index in [4.69, 9.17) is 0 Å². The molecule has 0 saturated carbocycles. The summed E-state index contributed by atoms with van der Waals surface area (Å²) in [4.78, 5) is 1.21. The van der Waals surface area contributed by atoms with Gasteiger partial charge in [-0.15, -0.1) is 11.8 Å². The number of thioether (sulfide) groups is 1. The Kier molecular flexibility index (Phi) is 5.36. The molecule has 1 N–H and O–H groups in total. The van der Waals surface area contributed by atoms with E-state index in [2.05, 4.69) is 45.9 Å². The molecule has 1 nitrogen and oxygen atoms in total. The third-order valence-electron chi connectivity index (χ3n) is 2.80. The zero-order valence-electron chi connectivity index (χ0n) is 10.7. The number of aliphatic hydroxyl groups is 1. The quantitative estimate of drug-likeness (QED) is 0.776. The molecule has 0 fully saturated rings. The van der Waals surface area contributed by atoms with Crippen molar-refractivity contribution in [2.24, 2.45) is 0 Å². The second-order valence-electron chi connectivity index (χ2n) is 4.50. The van der Waals surface area contributed by atoms with Crippen LogP contribution in [0.1, 0.15) is 51.2 Å². The summed E-state index contributed by atoms with van der Waals surface area (Å²) < 4.78 is 0. The normalized spacial score (nSPS) is 13.1. The van der Waals surface area contributed by atoms with Crippen LogP contribution in [0, 0.1) is 0 Å². The first-order chi connectivity index (χ1) is 7.58. The van der Waals surface area contributed by atoms with Gasteiger partial charge in [0, 0.05) is 10.1 Å². The Morgan fingerprint density at radius 3 is 2.44 bits per heavy atom. The van der Waals surface area contributed by atoms with Gasteiger partial charge in [-0.05, 0) is 29.5 Å². The number of rotatable bonds is 5. The van der Waals surface area contributed by atoms with Crippen LogP contribution in [0.15, 0.2) is 23.1 Å². The first-order valence-corrected chi connectivity index (χ1v) is 6.86. The third kappa shape index (κ3) is 3.53. The zero-order valence-corrected chi connectivity index (χ0v) is 11.5. The zero-order chi connectivity index (χ0) is 12.1. The summed E-state index contributed by atoms with van der Waals surface area (Å²) in [5, 5.41) is 9.95. The van der Waals surface area contributed by atoms with Gasteiger partial charge in [0.25, 0.3) is 0 Å². The fourth-order valence-corrected chi connectivity index (χ4v) is 2.56. The van der Waals surface area contributed by atoms with Gasteiger partial charge < -0.3 is 5.11 Å². The topological polar surface area (TPSA) is 20.2 Å². The predicted molar refractivity (Wildman–Crippen MR) is 72.1 cm³/mol.